The molecule has 0 aliphatic carbocycles. The molecule has 2 atom stereocenters. The molecule has 2 unspecified atom stereocenters. The summed E-state index contributed by atoms with van der Waals surface area (Å²) in [7, 11) is 0. The Bertz CT molecular complexity index is 309. The maximum absolute atomic E-state index is 9.37. The number of hydrogen-bond acceptors (Lipinski definition) is 4. The minimum atomic E-state index is -0.745. The van der Waals surface area contributed by atoms with Crippen LogP contribution in [0.1, 0.15) is 111 Å². The second-order valence-electron chi connectivity index (χ2n) is 7.64. The monoisotopic (exact) mass is 404 g/mol. The summed E-state index contributed by atoms with van der Waals surface area (Å²) in [6, 6.07) is 0. The molecule has 2 N–H and O–H groups in total. The molecule has 0 aromatic heterocycles. The fourth-order valence-electron chi connectivity index (χ4n) is 2.63. The highest BCUT2D eigenvalue weighted by Crippen LogP contribution is 2.12. The van der Waals surface area contributed by atoms with E-state index in [1.807, 2.05) is 13.8 Å². The largest absolute Gasteiger partial charge is 0.481 e. The predicted octanol–water partition coefficient (Wildman–Crippen LogP) is 5.97. The maximum Gasteiger partial charge on any atom is 0.303 e. The maximum atomic E-state index is 9.37. The second-order valence-corrected chi connectivity index (χ2v) is 7.64. The van der Waals surface area contributed by atoms with Gasteiger partial charge in [-0.25, -0.2) is 0 Å². The van der Waals surface area contributed by atoms with Crippen LogP contribution in [-0.2, 0) is 14.3 Å². The number of ether oxygens (including phenoxy) is 2. The van der Waals surface area contributed by atoms with Gasteiger partial charge in [-0.2, -0.15) is 0 Å². The van der Waals surface area contributed by atoms with Gasteiger partial charge in [-0.3, -0.25) is 4.79 Å². The van der Waals surface area contributed by atoms with E-state index in [0.29, 0.717) is 6.61 Å². The van der Waals surface area contributed by atoms with Crippen LogP contribution >= 0.6 is 0 Å². The first-order chi connectivity index (χ1) is 13.5. The number of carboxylic acid groups (broad SMARTS) is 1. The van der Waals surface area contributed by atoms with E-state index in [2.05, 4.69) is 6.92 Å². The van der Waals surface area contributed by atoms with Gasteiger partial charge in [-0.1, -0.05) is 84.5 Å². The molecule has 0 amide bonds. The average Bonchev–Trinajstić information content (AvgIpc) is 2.69. The van der Waals surface area contributed by atoms with E-state index < -0.39 is 5.97 Å². The van der Waals surface area contributed by atoms with Gasteiger partial charge in [0.05, 0.1) is 25.4 Å². The molecule has 0 aliphatic rings. The van der Waals surface area contributed by atoms with Gasteiger partial charge in [0.15, 0.2) is 0 Å². The topological polar surface area (TPSA) is 76.0 Å². The van der Waals surface area contributed by atoms with Crippen molar-refractivity contribution in [2.24, 2.45) is 0 Å². The molecule has 5 heteroatoms. The lowest BCUT2D eigenvalue weighted by atomic mass is 10.1. The Morgan fingerprint density at radius 2 is 1.18 bits per heavy atom. The summed E-state index contributed by atoms with van der Waals surface area (Å²) < 4.78 is 11.2. The zero-order chi connectivity index (χ0) is 21.5. The number of aliphatic hydroxyl groups excluding tert-OH is 1. The van der Waals surface area contributed by atoms with Crippen molar-refractivity contribution in [2.45, 2.75) is 123 Å². The number of carboxylic acids is 1. The fourth-order valence-corrected chi connectivity index (χ4v) is 2.63. The van der Waals surface area contributed by atoms with Crippen molar-refractivity contribution in [1.82, 2.24) is 0 Å². The third-order valence-electron chi connectivity index (χ3n) is 4.58. The zero-order valence-electron chi connectivity index (χ0n) is 19.1. The van der Waals surface area contributed by atoms with E-state index in [1.165, 1.54) is 70.6 Å². The van der Waals surface area contributed by atoms with Crippen molar-refractivity contribution in [1.29, 1.82) is 0 Å². The highest BCUT2D eigenvalue weighted by molar-refractivity contribution is 5.66. The Labute approximate surface area is 174 Å². The fraction of sp³-hybridized carbons (Fsp3) is 0.957. The van der Waals surface area contributed by atoms with Gasteiger partial charge in [0.25, 0.3) is 0 Å². The second kappa shape index (κ2) is 24.4. The van der Waals surface area contributed by atoms with Crippen LogP contribution in [0.15, 0.2) is 0 Å². The number of carbonyl (C=O) groups is 1. The minimum Gasteiger partial charge on any atom is -0.481 e. The molecule has 0 heterocycles. The van der Waals surface area contributed by atoms with Crippen LogP contribution in [0.2, 0.25) is 0 Å². The lowest BCUT2D eigenvalue weighted by Crippen LogP contribution is -2.22. The molecule has 0 rings (SSSR count). The SMILES string of the molecule is CCC(=O)O.CCCCCCCCCCCCCCOC(C)COC(C)CO. The molecule has 0 radical (unpaired) electrons. The van der Waals surface area contributed by atoms with E-state index in [0.717, 1.165) is 13.0 Å². The zero-order valence-corrected chi connectivity index (χ0v) is 19.1. The number of rotatable bonds is 19. The van der Waals surface area contributed by atoms with E-state index >= 15 is 0 Å². The Hall–Kier alpha value is -0.650. The van der Waals surface area contributed by atoms with Crippen molar-refractivity contribution < 1.29 is 24.5 Å². The van der Waals surface area contributed by atoms with Crippen molar-refractivity contribution in [2.75, 3.05) is 19.8 Å². The number of aliphatic hydroxyl groups is 1. The first kappa shape index (κ1) is 29.6. The van der Waals surface area contributed by atoms with Gasteiger partial charge in [0, 0.05) is 13.0 Å². The van der Waals surface area contributed by atoms with Crippen molar-refractivity contribution >= 4 is 5.97 Å². The molecule has 0 saturated carbocycles. The molecule has 28 heavy (non-hydrogen) atoms. The van der Waals surface area contributed by atoms with Crippen molar-refractivity contribution in [3.63, 3.8) is 0 Å². The third kappa shape index (κ3) is 27.6. The van der Waals surface area contributed by atoms with E-state index in [9.17, 15) is 4.79 Å². The van der Waals surface area contributed by atoms with Crippen LogP contribution in [0.5, 0.6) is 0 Å². The van der Waals surface area contributed by atoms with Crippen LogP contribution < -0.4 is 0 Å². The Morgan fingerprint density at radius 1 is 0.750 bits per heavy atom. The van der Waals surface area contributed by atoms with Crippen LogP contribution in [0, 0.1) is 0 Å². The van der Waals surface area contributed by atoms with Gasteiger partial charge in [-0.15, -0.1) is 0 Å². The standard InChI is InChI=1S/C20H42O3.C3H6O2/c1-4-5-6-7-8-9-10-11-12-13-14-15-16-22-20(3)18-23-19(2)17-21;1-2-3(4)5/h19-21H,4-18H2,1-3H3;2H2,1H3,(H,4,5). The summed E-state index contributed by atoms with van der Waals surface area (Å²) in [4.78, 5) is 9.37. The normalized spacial score (nSPS) is 12.9. The summed E-state index contributed by atoms with van der Waals surface area (Å²) in [5.41, 5.74) is 0. The molecular weight excluding hydrogens is 356 g/mol. The lowest BCUT2D eigenvalue weighted by molar-refractivity contribution is -0.136. The molecule has 0 bridgehead atoms. The van der Waals surface area contributed by atoms with Crippen LogP contribution in [0.25, 0.3) is 0 Å². The van der Waals surface area contributed by atoms with Gasteiger partial charge < -0.3 is 19.7 Å². The highest BCUT2D eigenvalue weighted by Gasteiger charge is 2.05. The lowest BCUT2D eigenvalue weighted by Gasteiger charge is -2.16. The molecule has 0 aromatic carbocycles. The van der Waals surface area contributed by atoms with Crippen molar-refractivity contribution in [3.8, 4) is 0 Å². The van der Waals surface area contributed by atoms with Gasteiger partial charge in [0.1, 0.15) is 0 Å². The van der Waals surface area contributed by atoms with Crippen LogP contribution in [0.3, 0.4) is 0 Å². The first-order valence-electron chi connectivity index (χ1n) is 11.5. The quantitative estimate of drug-likeness (QED) is 0.259. The highest BCUT2D eigenvalue weighted by atomic mass is 16.5. The smallest absolute Gasteiger partial charge is 0.303 e. The van der Waals surface area contributed by atoms with Gasteiger partial charge >= 0.3 is 5.97 Å². The van der Waals surface area contributed by atoms with E-state index in [4.69, 9.17) is 19.7 Å². The summed E-state index contributed by atoms with van der Waals surface area (Å²) in [5, 5.41) is 16.6. The molecule has 0 fully saturated rings. The molecule has 5 nitrogen and oxygen atoms in total. The Balaban J connectivity index is 0. The number of aliphatic carboxylic acids is 1. The molecular formula is C23H48O5. The Kier molecular flexibility index (Phi) is 25.7. The minimum absolute atomic E-state index is 0.0749. The number of hydrogen-bond donors (Lipinski definition) is 2. The first-order valence-corrected chi connectivity index (χ1v) is 11.5. The summed E-state index contributed by atoms with van der Waals surface area (Å²) >= 11 is 0. The third-order valence-corrected chi connectivity index (χ3v) is 4.58. The Morgan fingerprint density at radius 3 is 1.57 bits per heavy atom. The summed E-state index contributed by atoms with van der Waals surface area (Å²) in [6.07, 6.45) is 16.7. The molecule has 0 aliphatic heterocycles. The summed E-state index contributed by atoms with van der Waals surface area (Å²) in [6.45, 7) is 9.25. The molecule has 170 valence electrons. The van der Waals surface area contributed by atoms with E-state index in [-0.39, 0.29) is 25.2 Å². The molecule has 0 saturated heterocycles. The van der Waals surface area contributed by atoms with E-state index in [1.54, 1.807) is 6.92 Å². The number of unbranched alkanes of at least 4 members (excludes halogenated alkanes) is 11. The van der Waals surface area contributed by atoms with Gasteiger partial charge in [0.2, 0.25) is 0 Å². The van der Waals surface area contributed by atoms with Gasteiger partial charge in [-0.05, 0) is 20.3 Å². The van der Waals surface area contributed by atoms with Crippen LogP contribution in [-0.4, -0.2) is 48.2 Å². The van der Waals surface area contributed by atoms with Crippen LogP contribution in [0.4, 0.5) is 0 Å². The average molecular weight is 405 g/mol. The molecule has 0 aromatic rings. The molecule has 0 spiro atoms. The van der Waals surface area contributed by atoms with Crippen molar-refractivity contribution in [3.05, 3.63) is 0 Å². The predicted molar refractivity (Wildman–Crippen MR) is 117 cm³/mol. The summed E-state index contributed by atoms with van der Waals surface area (Å²) in [5.74, 6) is -0.745.